The van der Waals surface area contributed by atoms with Gasteiger partial charge in [-0.25, -0.2) is 0 Å². The Bertz CT molecular complexity index is 5430. The van der Waals surface area contributed by atoms with E-state index in [0.29, 0.717) is 0 Å². The topological polar surface area (TPSA) is 190 Å². The minimum absolute atomic E-state index is 0. The number of aliphatic hydroxyl groups is 3. The molecule has 693 valence electrons. The van der Waals surface area contributed by atoms with Crippen molar-refractivity contribution in [2.24, 2.45) is 35.5 Å². The van der Waals surface area contributed by atoms with Gasteiger partial charge in [0.25, 0.3) is 0 Å². The van der Waals surface area contributed by atoms with E-state index in [2.05, 4.69) is 241 Å². The number of carbonyl (C=O) groups is 3. The molecule has 3 N–H and O–H groups in total. The molecular weight excluding hydrogens is 2120 g/mol. The quantitative estimate of drug-likeness (QED) is 0.0251. The van der Waals surface area contributed by atoms with Crippen LogP contribution in [0.15, 0.2) is 183 Å². The van der Waals surface area contributed by atoms with Gasteiger partial charge in [0.05, 0.1) is 17.3 Å². The third kappa shape index (κ3) is 31.4. The molecule has 12 rings (SSSR count). The number of benzene rings is 6. The second-order valence-electron chi connectivity index (χ2n) is 35.3. The first-order valence-electron chi connectivity index (χ1n) is 45.6. The molecule has 12 aromatic rings. The van der Waals surface area contributed by atoms with Crippen molar-refractivity contribution < 1.29 is 103 Å². The monoisotopic (exact) mass is 2260 g/mol. The van der Waals surface area contributed by atoms with E-state index in [9.17, 15) is 29.7 Å². The maximum Gasteiger partial charge on any atom is 0.162 e. The Balaban J connectivity index is 0.000000328. The third-order valence-corrected chi connectivity index (χ3v) is 23.8. The Morgan fingerprint density at radius 2 is 0.562 bits per heavy atom. The Labute approximate surface area is 807 Å². The van der Waals surface area contributed by atoms with E-state index in [1.165, 1.54) is 90.6 Å². The number of furan rings is 3. The van der Waals surface area contributed by atoms with E-state index >= 15 is 0 Å². The van der Waals surface area contributed by atoms with Gasteiger partial charge in [0.2, 0.25) is 0 Å². The molecule has 0 saturated carbocycles. The molecule has 15 heteroatoms. The van der Waals surface area contributed by atoms with Crippen LogP contribution in [-0.4, -0.2) is 47.6 Å². The van der Waals surface area contributed by atoms with Crippen molar-refractivity contribution in [3.63, 3.8) is 0 Å². The number of hydrogen-bond donors (Lipinski definition) is 3. The van der Waals surface area contributed by atoms with Crippen molar-refractivity contribution in [1.82, 2.24) is 15.0 Å². The van der Waals surface area contributed by atoms with Crippen LogP contribution in [0.25, 0.3) is 101 Å². The molecule has 0 bridgehead atoms. The molecular formula is C113H142Ir3N3O9-3. The standard InChI is InChI=1S/C27H28NO.C24H22NO.C23H20NO.3C13H24O2.3Ir/c1-16-8-17(2)10-20(9-16)23-14-24-21(15-28-23)13-25(29-24)26-18(3)11-22(12-19(26)4)27(5,6)7;1-14-6-15(2)10-19(9-14)21-12-22-20(13-25-21)11-23(26-22)24-17(4)7-16(3)8-18(24)5;1-14-5-15(2)8-18(7-14)21-12-23-20(13-24-21)11-22(25-23)19-9-16(3)6-17(4)10-19;3*1-5-10(6-2)12(14)9-13(15)11(7-3)8-4;;;/h8-9,11-15H,1-7H3;6-9,11-13H,1-5H3;5-7,9-13H,1-4H3;3*9-11,14H,5-8H2,1-4H3;;;/q3*-1;;;;;;. The minimum Gasteiger partial charge on any atom is -0.512 e. The number of fused-ring (bicyclic) bond motifs is 3. The fraction of sp³-hybridized carbons (Fsp3) is 0.416. The first kappa shape index (κ1) is 111. The summed E-state index contributed by atoms with van der Waals surface area (Å²) in [7, 11) is 0. The first-order chi connectivity index (χ1) is 59.3. The molecule has 6 aromatic carbocycles. The summed E-state index contributed by atoms with van der Waals surface area (Å²) >= 11 is 0. The zero-order chi connectivity index (χ0) is 92.4. The number of carbonyl (C=O) groups excluding carboxylic acids is 3. The smallest absolute Gasteiger partial charge is 0.162 e. The van der Waals surface area contributed by atoms with Crippen LogP contribution >= 0.6 is 0 Å². The average molecular weight is 2260 g/mol. The van der Waals surface area contributed by atoms with E-state index in [1.54, 1.807) is 0 Å². The Hall–Kier alpha value is -9.03. The van der Waals surface area contributed by atoms with Gasteiger partial charge >= 0.3 is 0 Å². The van der Waals surface area contributed by atoms with Crippen molar-refractivity contribution in [1.29, 1.82) is 0 Å². The summed E-state index contributed by atoms with van der Waals surface area (Å²) in [5, 5.41) is 32.3. The average Bonchev–Trinajstić information content (AvgIpc) is 1.63. The molecule has 12 nitrogen and oxygen atoms in total. The van der Waals surface area contributed by atoms with Crippen molar-refractivity contribution >= 4 is 50.3 Å². The van der Waals surface area contributed by atoms with Crippen molar-refractivity contribution in [2.75, 3.05) is 0 Å². The van der Waals surface area contributed by atoms with Crippen LogP contribution in [0.1, 0.15) is 259 Å². The zero-order valence-corrected chi connectivity index (χ0v) is 88.7. The van der Waals surface area contributed by atoms with Gasteiger partial charge in [0, 0.05) is 165 Å². The van der Waals surface area contributed by atoms with Gasteiger partial charge in [-0.1, -0.05) is 192 Å². The Morgan fingerprint density at radius 1 is 0.320 bits per heavy atom. The van der Waals surface area contributed by atoms with Crippen LogP contribution in [0.5, 0.6) is 0 Å². The van der Waals surface area contributed by atoms with Crippen LogP contribution in [0.2, 0.25) is 0 Å². The summed E-state index contributed by atoms with van der Waals surface area (Å²) in [5.74, 6) is 4.32. The minimum atomic E-state index is 0. The predicted octanol–water partition coefficient (Wildman–Crippen LogP) is 31.8. The number of ketones is 3. The van der Waals surface area contributed by atoms with Crippen LogP contribution in [0.3, 0.4) is 0 Å². The van der Waals surface area contributed by atoms with Crippen molar-refractivity contribution in [2.45, 2.75) is 276 Å². The maximum atomic E-state index is 11.7. The molecule has 0 aliphatic heterocycles. The second-order valence-corrected chi connectivity index (χ2v) is 35.3. The molecule has 0 aliphatic rings. The van der Waals surface area contributed by atoms with Crippen LogP contribution in [0, 0.1) is 144 Å². The molecule has 128 heavy (non-hydrogen) atoms. The van der Waals surface area contributed by atoms with Gasteiger partial charge in [0.15, 0.2) is 17.3 Å². The van der Waals surface area contributed by atoms with Crippen LogP contribution in [0.4, 0.5) is 0 Å². The van der Waals surface area contributed by atoms with E-state index in [-0.39, 0.29) is 136 Å². The number of aryl methyl sites for hydroxylation is 13. The van der Waals surface area contributed by atoms with E-state index in [1.807, 2.05) is 120 Å². The fourth-order valence-corrected chi connectivity index (χ4v) is 16.5. The molecule has 0 aliphatic carbocycles. The molecule has 0 saturated heterocycles. The predicted molar refractivity (Wildman–Crippen MR) is 523 cm³/mol. The molecule has 6 aromatic heterocycles. The number of rotatable bonds is 27. The third-order valence-electron chi connectivity index (χ3n) is 23.8. The van der Waals surface area contributed by atoms with E-state index in [0.717, 1.165) is 183 Å². The first-order valence-corrected chi connectivity index (χ1v) is 45.6. The molecule has 3 radical (unpaired) electrons. The number of pyridine rings is 3. The summed E-state index contributed by atoms with van der Waals surface area (Å²) in [4.78, 5) is 49.1. The van der Waals surface area contributed by atoms with Gasteiger partial charge in [-0.15, -0.1) is 105 Å². The van der Waals surface area contributed by atoms with Crippen molar-refractivity contribution in [3.8, 4) is 67.7 Å². The normalized spacial score (nSPS) is 11.6. The van der Waals surface area contributed by atoms with Gasteiger partial charge in [-0.05, 0) is 224 Å². The van der Waals surface area contributed by atoms with Crippen LogP contribution < -0.4 is 0 Å². The van der Waals surface area contributed by atoms with Gasteiger partial charge in [-0.3, -0.25) is 14.4 Å². The second kappa shape index (κ2) is 52.7. The van der Waals surface area contributed by atoms with Gasteiger partial charge < -0.3 is 43.5 Å². The SMILES string of the molecule is CCC(CC)C(=O)C=C(O)C(CC)CC.CCC(CC)C(=O)C=C(O)C(CC)CC.CCC(CC)C(=O)C=C(O)C(CC)CC.Cc1[c-]c(-c2cc3oc(-c4c(C)cc(C(C)(C)C)cc4C)cc3cn2)cc(C)c1.Cc1[c-]c(-c2cc3oc(-c4c(C)cc(C)cc4C)cc3cn2)cc(C)c1.Cc1[c-]c(-c2cc3oc(-c4cc(C)cc(C)c4)cc3cn2)cc(C)c1.[Ir].[Ir].[Ir]. The molecule has 0 amide bonds. The number of nitrogens with zero attached hydrogens (tertiary/aromatic N) is 3. The number of aliphatic hydroxyl groups excluding tert-OH is 3. The zero-order valence-electron chi connectivity index (χ0n) is 81.5. The number of aromatic nitrogens is 3. The van der Waals surface area contributed by atoms with Gasteiger partial charge in [0.1, 0.15) is 34.0 Å². The molecule has 6 heterocycles. The summed E-state index contributed by atoms with van der Waals surface area (Å²) in [5.41, 5.74) is 28.9. The molecule has 0 spiro atoms. The van der Waals surface area contributed by atoms with Gasteiger partial charge in [-0.2, -0.15) is 0 Å². The summed E-state index contributed by atoms with van der Waals surface area (Å²) in [6, 6.07) is 50.6. The Kier molecular flexibility index (Phi) is 45.8. The Morgan fingerprint density at radius 3 is 0.820 bits per heavy atom. The largest absolute Gasteiger partial charge is 0.512 e. The number of hydrogen-bond acceptors (Lipinski definition) is 12. The summed E-state index contributed by atoms with van der Waals surface area (Å²) < 4.78 is 18.7. The van der Waals surface area contributed by atoms with E-state index < -0.39 is 0 Å². The van der Waals surface area contributed by atoms with Crippen molar-refractivity contribution in [3.05, 3.63) is 265 Å². The maximum absolute atomic E-state index is 11.7. The van der Waals surface area contributed by atoms with Crippen LogP contribution in [-0.2, 0) is 80.1 Å². The summed E-state index contributed by atoms with van der Waals surface area (Å²) in [6.07, 6.45) is 20.4. The fourth-order valence-electron chi connectivity index (χ4n) is 16.5. The summed E-state index contributed by atoms with van der Waals surface area (Å²) in [6.45, 7) is 58.4. The molecule has 0 fully saturated rings. The molecule has 0 atom stereocenters. The number of allylic oxidation sites excluding steroid dienone is 6. The molecule has 0 unspecified atom stereocenters. The van der Waals surface area contributed by atoms with E-state index in [4.69, 9.17) is 13.3 Å².